The number of rotatable bonds is 6. The van der Waals surface area contributed by atoms with Gasteiger partial charge in [0.05, 0.1) is 0 Å². The van der Waals surface area contributed by atoms with E-state index in [9.17, 15) is 4.39 Å². The summed E-state index contributed by atoms with van der Waals surface area (Å²) in [5, 5.41) is 3.49. The van der Waals surface area contributed by atoms with Crippen LogP contribution in [0.25, 0.3) is 0 Å². The van der Waals surface area contributed by atoms with Crippen molar-refractivity contribution in [1.82, 2.24) is 5.32 Å². The molecule has 0 aliphatic carbocycles. The molecule has 2 aromatic rings. The van der Waals surface area contributed by atoms with Crippen LogP contribution in [0, 0.1) is 5.82 Å². The quantitative estimate of drug-likeness (QED) is 0.828. The van der Waals surface area contributed by atoms with Crippen LogP contribution in [0.1, 0.15) is 35.2 Å². The van der Waals surface area contributed by atoms with Crippen molar-refractivity contribution in [1.29, 1.82) is 0 Å². The van der Waals surface area contributed by atoms with Gasteiger partial charge in [0.1, 0.15) is 5.82 Å². The van der Waals surface area contributed by atoms with E-state index in [1.807, 2.05) is 17.4 Å². The van der Waals surface area contributed by atoms with E-state index in [1.54, 1.807) is 12.1 Å². The van der Waals surface area contributed by atoms with Gasteiger partial charge in [-0.05, 0) is 49.2 Å². The zero-order valence-corrected chi connectivity index (χ0v) is 12.3. The summed E-state index contributed by atoms with van der Waals surface area (Å²) in [6, 6.07) is 11.5. The minimum absolute atomic E-state index is 0.159. The molecule has 1 aromatic heterocycles. The van der Waals surface area contributed by atoms with Crippen molar-refractivity contribution in [3.05, 3.63) is 57.5 Å². The van der Waals surface area contributed by atoms with E-state index in [4.69, 9.17) is 0 Å². The Hall–Kier alpha value is -1.19. The second-order valence-electron chi connectivity index (χ2n) is 4.60. The fourth-order valence-electron chi connectivity index (χ4n) is 2.19. The van der Waals surface area contributed by atoms with Gasteiger partial charge >= 0.3 is 0 Å². The Kier molecular flexibility index (Phi) is 5.11. The molecule has 102 valence electrons. The van der Waals surface area contributed by atoms with Crippen molar-refractivity contribution in [3.8, 4) is 0 Å². The molecule has 0 aliphatic heterocycles. The number of aryl methyl sites for hydroxylation is 1. The molecular formula is C16H20FNS. The summed E-state index contributed by atoms with van der Waals surface area (Å²) in [5.74, 6) is -0.159. The van der Waals surface area contributed by atoms with Crippen molar-refractivity contribution in [2.45, 2.75) is 32.7 Å². The van der Waals surface area contributed by atoms with Crippen molar-refractivity contribution in [2.24, 2.45) is 0 Å². The normalized spacial score (nSPS) is 12.6. The smallest absolute Gasteiger partial charge is 0.123 e. The maximum atomic E-state index is 13.2. The summed E-state index contributed by atoms with van der Waals surface area (Å²) in [5.41, 5.74) is 1.04. The van der Waals surface area contributed by atoms with Crippen LogP contribution in [0.3, 0.4) is 0 Å². The van der Waals surface area contributed by atoms with Crippen molar-refractivity contribution < 1.29 is 4.39 Å². The van der Waals surface area contributed by atoms with Gasteiger partial charge in [-0.3, -0.25) is 0 Å². The van der Waals surface area contributed by atoms with Crippen LogP contribution in [0.15, 0.2) is 36.4 Å². The number of benzene rings is 1. The molecule has 1 N–H and O–H groups in total. The first-order valence-electron chi connectivity index (χ1n) is 6.79. The number of thiophene rings is 1. The van der Waals surface area contributed by atoms with Gasteiger partial charge in [-0.2, -0.15) is 0 Å². The predicted molar refractivity (Wildman–Crippen MR) is 80.2 cm³/mol. The summed E-state index contributed by atoms with van der Waals surface area (Å²) in [4.78, 5) is 2.74. The lowest BCUT2D eigenvalue weighted by molar-refractivity contribution is 0.554. The lowest BCUT2D eigenvalue weighted by atomic mass is 10.0. The number of nitrogens with one attached hydrogen (secondary N) is 1. The number of hydrogen-bond donors (Lipinski definition) is 1. The lowest BCUT2D eigenvalue weighted by Crippen LogP contribution is -2.22. The van der Waals surface area contributed by atoms with Gasteiger partial charge in [0.25, 0.3) is 0 Å². The molecule has 1 nitrogen and oxygen atoms in total. The van der Waals surface area contributed by atoms with Gasteiger partial charge in [-0.15, -0.1) is 11.3 Å². The molecule has 2 rings (SSSR count). The monoisotopic (exact) mass is 277 g/mol. The average molecular weight is 277 g/mol. The fourth-order valence-corrected chi connectivity index (χ4v) is 3.22. The Labute approximate surface area is 118 Å². The van der Waals surface area contributed by atoms with Gasteiger partial charge in [0.15, 0.2) is 0 Å². The number of hydrogen-bond acceptors (Lipinski definition) is 2. The first-order chi connectivity index (χ1) is 9.22. The van der Waals surface area contributed by atoms with Crippen molar-refractivity contribution in [3.63, 3.8) is 0 Å². The van der Waals surface area contributed by atoms with E-state index in [0.717, 1.165) is 24.9 Å². The predicted octanol–water partition coefficient (Wildman–Crippen LogP) is 4.34. The minimum Gasteiger partial charge on any atom is -0.309 e. The maximum Gasteiger partial charge on any atom is 0.123 e. The number of halogens is 1. The third-order valence-corrected chi connectivity index (χ3v) is 4.50. The molecule has 0 radical (unpaired) electrons. The van der Waals surface area contributed by atoms with Crippen molar-refractivity contribution >= 4 is 11.3 Å². The summed E-state index contributed by atoms with van der Waals surface area (Å²) in [6.07, 6.45) is 1.90. The maximum absolute atomic E-state index is 13.2. The average Bonchev–Trinajstić information content (AvgIpc) is 2.87. The summed E-state index contributed by atoms with van der Waals surface area (Å²) < 4.78 is 13.2. The fraction of sp³-hybridized carbons (Fsp3) is 0.375. The molecule has 1 aromatic carbocycles. The molecule has 1 unspecified atom stereocenters. The highest BCUT2D eigenvalue weighted by molar-refractivity contribution is 7.12. The van der Waals surface area contributed by atoms with Crippen LogP contribution in [-0.4, -0.2) is 6.54 Å². The molecule has 3 heteroatoms. The second kappa shape index (κ2) is 6.83. The Morgan fingerprint density at radius 1 is 1.21 bits per heavy atom. The molecular weight excluding hydrogens is 257 g/mol. The molecule has 19 heavy (non-hydrogen) atoms. The third-order valence-electron chi connectivity index (χ3n) is 3.15. The highest BCUT2D eigenvalue weighted by Crippen LogP contribution is 2.26. The molecule has 1 heterocycles. The molecule has 0 saturated heterocycles. The van der Waals surface area contributed by atoms with Crippen LogP contribution >= 0.6 is 11.3 Å². The minimum atomic E-state index is -0.159. The van der Waals surface area contributed by atoms with E-state index >= 15 is 0 Å². The van der Waals surface area contributed by atoms with Gasteiger partial charge in [0.2, 0.25) is 0 Å². The first kappa shape index (κ1) is 14.2. The largest absolute Gasteiger partial charge is 0.309 e. The van der Waals surface area contributed by atoms with Crippen LogP contribution in [0.2, 0.25) is 0 Å². The van der Waals surface area contributed by atoms with E-state index in [0.29, 0.717) is 0 Å². The zero-order valence-electron chi connectivity index (χ0n) is 11.4. The topological polar surface area (TPSA) is 12.0 Å². The Balaban J connectivity index is 2.15. The Bertz CT molecular complexity index is 521. The van der Waals surface area contributed by atoms with Crippen LogP contribution < -0.4 is 5.32 Å². The van der Waals surface area contributed by atoms with Gasteiger partial charge in [-0.1, -0.05) is 26.0 Å². The Morgan fingerprint density at radius 2 is 2.05 bits per heavy atom. The summed E-state index contributed by atoms with van der Waals surface area (Å²) in [7, 11) is 0. The van der Waals surface area contributed by atoms with E-state index in [1.165, 1.54) is 15.8 Å². The highest BCUT2D eigenvalue weighted by Gasteiger charge is 2.13. The Morgan fingerprint density at radius 3 is 2.68 bits per heavy atom. The molecule has 0 amide bonds. The highest BCUT2D eigenvalue weighted by atomic mass is 32.1. The summed E-state index contributed by atoms with van der Waals surface area (Å²) >= 11 is 1.85. The first-order valence-corrected chi connectivity index (χ1v) is 7.61. The van der Waals surface area contributed by atoms with Gasteiger partial charge < -0.3 is 5.32 Å². The summed E-state index contributed by atoms with van der Waals surface area (Å²) in [6.45, 7) is 5.19. The van der Waals surface area contributed by atoms with Crippen molar-refractivity contribution in [2.75, 3.05) is 6.54 Å². The molecule has 0 aliphatic rings. The molecule has 1 atom stereocenters. The SMILES string of the molecule is CCNC(Cc1cccc(F)c1)c1ccc(CC)s1. The van der Waals surface area contributed by atoms with Crippen LogP contribution in [0.5, 0.6) is 0 Å². The van der Waals surface area contributed by atoms with Gasteiger partial charge in [-0.25, -0.2) is 4.39 Å². The third kappa shape index (κ3) is 3.88. The van der Waals surface area contributed by atoms with E-state index < -0.39 is 0 Å². The standard InChI is InChI=1S/C16H20FNS/c1-3-14-8-9-16(19-14)15(18-4-2)11-12-6-5-7-13(17)10-12/h5-10,15,18H,3-4,11H2,1-2H3. The molecule has 0 fully saturated rings. The molecule has 0 bridgehead atoms. The van der Waals surface area contributed by atoms with Crippen LogP contribution in [0.4, 0.5) is 4.39 Å². The lowest BCUT2D eigenvalue weighted by Gasteiger charge is -2.16. The van der Waals surface area contributed by atoms with E-state index in [2.05, 4.69) is 31.3 Å². The molecule has 0 saturated carbocycles. The second-order valence-corrected chi connectivity index (χ2v) is 5.80. The van der Waals surface area contributed by atoms with Gasteiger partial charge in [0, 0.05) is 15.8 Å². The zero-order chi connectivity index (χ0) is 13.7. The van der Waals surface area contributed by atoms with Crippen LogP contribution in [-0.2, 0) is 12.8 Å². The molecule has 0 spiro atoms. The number of likely N-dealkylation sites (N-methyl/N-ethyl adjacent to an activating group) is 1. The van der Waals surface area contributed by atoms with E-state index in [-0.39, 0.29) is 11.9 Å².